The van der Waals surface area contributed by atoms with Gasteiger partial charge in [0.05, 0.1) is 30.4 Å². The SMILES string of the molecule is C[C@H](CO)N1C[C@H](C)[C@H](CN(C)C(=O)c2ccncc2)OCCCC[C@H](C)Oc2ccc(NS(=O)(=O)c3cccs3)cc2C1=O. The summed E-state index contributed by atoms with van der Waals surface area (Å²) >= 11 is 1.09. The van der Waals surface area contributed by atoms with Crippen LogP contribution in [0.1, 0.15) is 60.7 Å². The molecule has 244 valence electrons. The molecule has 0 saturated carbocycles. The van der Waals surface area contributed by atoms with Crippen molar-refractivity contribution in [2.75, 3.05) is 38.1 Å². The van der Waals surface area contributed by atoms with Gasteiger partial charge >= 0.3 is 0 Å². The van der Waals surface area contributed by atoms with Crippen LogP contribution >= 0.6 is 11.3 Å². The van der Waals surface area contributed by atoms with Gasteiger partial charge in [-0.25, -0.2) is 8.42 Å². The highest BCUT2D eigenvalue weighted by Crippen LogP contribution is 2.30. The minimum absolute atomic E-state index is 0.154. The van der Waals surface area contributed by atoms with Crippen LogP contribution in [0.2, 0.25) is 0 Å². The Morgan fingerprint density at radius 1 is 1.20 bits per heavy atom. The summed E-state index contributed by atoms with van der Waals surface area (Å²) in [5, 5.41) is 11.8. The topological polar surface area (TPSA) is 138 Å². The molecule has 0 radical (unpaired) electrons. The number of nitrogens with zero attached hydrogens (tertiary/aromatic N) is 3. The molecule has 1 aromatic carbocycles. The summed E-state index contributed by atoms with van der Waals surface area (Å²) in [5.74, 6) is -0.481. The number of hydrogen-bond donors (Lipinski definition) is 2. The number of sulfonamides is 1. The molecular weight excluding hydrogens is 617 g/mol. The lowest BCUT2D eigenvalue weighted by Gasteiger charge is -2.36. The summed E-state index contributed by atoms with van der Waals surface area (Å²) in [6.07, 6.45) is 4.83. The maximum atomic E-state index is 14.3. The molecule has 0 saturated heterocycles. The fourth-order valence-electron chi connectivity index (χ4n) is 5.14. The van der Waals surface area contributed by atoms with E-state index in [4.69, 9.17) is 9.47 Å². The maximum Gasteiger partial charge on any atom is 0.271 e. The Kier molecular flexibility index (Phi) is 12.0. The van der Waals surface area contributed by atoms with Crippen molar-refractivity contribution in [1.29, 1.82) is 0 Å². The first-order valence-electron chi connectivity index (χ1n) is 15.1. The van der Waals surface area contributed by atoms with E-state index >= 15 is 0 Å². The molecule has 1 aliphatic rings. The standard InChI is InChI=1S/C32H42N4O7S2/c1-22-19-36(23(2)21-37)32(39)27-18-26(34-45(40,41)30-9-7-17-44-30)10-11-28(27)43-24(3)8-5-6-16-42-29(22)20-35(4)31(38)25-12-14-33-15-13-25/h7,9-15,17-18,22-24,29,34,37H,5-6,8,16,19-21H2,1-4H3/t22-,23+,24-,29-/m0/s1. The molecule has 0 aliphatic carbocycles. The smallest absolute Gasteiger partial charge is 0.271 e. The highest BCUT2D eigenvalue weighted by atomic mass is 32.2. The zero-order valence-corrected chi connectivity index (χ0v) is 27.7. The lowest BCUT2D eigenvalue weighted by Crippen LogP contribution is -2.48. The molecule has 0 fully saturated rings. The number of thiophene rings is 1. The molecule has 2 aromatic heterocycles. The zero-order valence-electron chi connectivity index (χ0n) is 26.1. The molecule has 11 nitrogen and oxygen atoms in total. The van der Waals surface area contributed by atoms with E-state index in [-0.39, 0.29) is 46.5 Å². The molecule has 4 atom stereocenters. The van der Waals surface area contributed by atoms with Crippen molar-refractivity contribution < 1.29 is 32.6 Å². The molecule has 3 heterocycles. The third-order valence-corrected chi connectivity index (χ3v) is 10.6. The van der Waals surface area contributed by atoms with E-state index in [9.17, 15) is 23.1 Å². The van der Waals surface area contributed by atoms with Gasteiger partial charge in [0.15, 0.2) is 0 Å². The monoisotopic (exact) mass is 658 g/mol. The average Bonchev–Trinajstić information content (AvgIpc) is 3.59. The lowest BCUT2D eigenvalue weighted by molar-refractivity contribution is -0.0149. The van der Waals surface area contributed by atoms with Crippen LogP contribution in [-0.2, 0) is 14.8 Å². The number of carbonyl (C=O) groups excluding carboxylic acids is 2. The van der Waals surface area contributed by atoms with Crippen molar-refractivity contribution in [2.45, 2.75) is 62.5 Å². The zero-order chi connectivity index (χ0) is 32.6. The number of ether oxygens (including phenoxy) is 2. The van der Waals surface area contributed by atoms with E-state index in [1.807, 2.05) is 13.8 Å². The highest BCUT2D eigenvalue weighted by Gasteiger charge is 2.31. The van der Waals surface area contributed by atoms with Gasteiger partial charge in [0.2, 0.25) is 0 Å². The second kappa shape index (κ2) is 15.7. The lowest BCUT2D eigenvalue weighted by atomic mass is 10.0. The van der Waals surface area contributed by atoms with Crippen LogP contribution in [0, 0.1) is 5.92 Å². The Hall–Kier alpha value is -3.52. The second-order valence-electron chi connectivity index (χ2n) is 11.5. The van der Waals surface area contributed by atoms with Crippen LogP contribution in [0.5, 0.6) is 5.75 Å². The maximum absolute atomic E-state index is 14.3. The molecule has 2 N–H and O–H groups in total. The Morgan fingerprint density at radius 3 is 2.64 bits per heavy atom. The number of aliphatic hydroxyl groups is 1. The number of likely N-dealkylation sites (N-methyl/N-ethyl adjacent to an activating group) is 1. The van der Waals surface area contributed by atoms with Crippen molar-refractivity contribution in [3.63, 3.8) is 0 Å². The van der Waals surface area contributed by atoms with E-state index in [1.165, 1.54) is 12.1 Å². The Bertz CT molecular complexity index is 1520. The molecule has 0 bridgehead atoms. The summed E-state index contributed by atoms with van der Waals surface area (Å²) in [7, 11) is -2.13. The van der Waals surface area contributed by atoms with Gasteiger partial charge in [-0.15, -0.1) is 11.3 Å². The van der Waals surface area contributed by atoms with Crippen molar-refractivity contribution in [1.82, 2.24) is 14.8 Å². The van der Waals surface area contributed by atoms with Crippen LogP contribution in [0.15, 0.2) is 64.4 Å². The molecule has 13 heteroatoms. The molecule has 4 rings (SSSR count). The van der Waals surface area contributed by atoms with Crippen molar-refractivity contribution in [2.24, 2.45) is 5.92 Å². The Labute approximate surface area is 269 Å². The fraction of sp³-hybridized carbons (Fsp3) is 0.469. The van der Waals surface area contributed by atoms with Crippen LogP contribution in [-0.4, -0.2) is 91.7 Å². The van der Waals surface area contributed by atoms with Gasteiger partial charge in [-0.1, -0.05) is 13.0 Å². The van der Waals surface area contributed by atoms with E-state index in [0.29, 0.717) is 30.9 Å². The van der Waals surface area contributed by atoms with Crippen LogP contribution in [0.4, 0.5) is 5.69 Å². The van der Waals surface area contributed by atoms with E-state index in [0.717, 1.165) is 24.2 Å². The third-order valence-electron chi connectivity index (χ3n) is 7.79. The van der Waals surface area contributed by atoms with Crippen LogP contribution in [0.25, 0.3) is 0 Å². The Balaban J connectivity index is 1.65. The number of aliphatic hydroxyl groups excluding tert-OH is 1. The number of aromatic nitrogens is 1. The summed E-state index contributed by atoms with van der Waals surface area (Å²) in [4.78, 5) is 34.6. The van der Waals surface area contributed by atoms with Gasteiger partial charge < -0.3 is 24.4 Å². The summed E-state index contributed by atoms with van der Waals surface area (Å²) in [6, 6.07) is 10.6. The average molecular weight is 659 g/mol. The largest absolute Gasteiger partial charge is 0.490 e. The summed E-state index contributed by atoms with van der Waals surface area (Å²) < 4.78 is 41.2. The molecular formula is C32H42N4O7S2. The first-order valence-corrected chi connectivity index (χ1v) is 17.4. The fourth-order valence-corrected chi connectivity index (χ4v) is 7.18. The Morgan fingerprint density at radius 2 is 1.96 bits per heavy atom. The summed E-state index contributed by atoms with van der Waals surface area (Å²) in [6.45, 7) is 6.32. The molecule has 1 aliphatic heterocycles. The number of pyridine rings is 1. The van der Waals surface area contributed by atoms with Gasteiger partial charge in [-0.05, 0) is 74.9 Å². The number of anilines is 1. The third kappa shape index (κ3) is 9.03. The minimum Gasteiger partial charge on any atom is -0.490 e. The van der Waals surface area contributed by atoms with Gasteiger partial charge in [0.1, 0.15) is 9.96 Å². The van der Waals surface area contributed by atoms with Crippen molar-refractivity contribution in [3.05, 3.63) is 71.4 Å². The van der Waals surface area contributed by atoms with E-state index in [2.05, 4.69) is 9.71 Å². The molecule has 0 spiro atoms. The first kappa shape index (κ1) is 34.4. The number of benzene rings is 1. The number of fused-ring (bicyclic) bond motifs is 1. The van der Waals surface area contributed by atoms with E-state index in [1.54, 1.807) is 71.9 Å². The second-order valence-corrected chi connectivity index (χ2v) is 14.3. The van der Waals surface area contributed by atoms with Crippen molar-refractivity contribution in [3.8, 4) is 5.75 Å². The minimum atomic E-state index is -3.85. The number of hydrogen-bond acceptors (Lipinski definition) is 9. The van der Waals surface area contributed by atoms with Gasteiger partial charge in [0.25, 0.3) is 21.8 Å². The number of amides is 2. The first-order chi connectivity index (χ1) is 21.5. The van der Waals surface area contributed by atoms with Crippen LogP contribution < -0.4 is 9.46 Å². The highest BCUT2D eigenvalue weighted by molar-refractivity contribution is 7.94. The molecule has 45 heavy (non-hydrogen) atoms. The van der Waals surface area contributed by atoms with E-state index < -0.39 is 28.1 Å². The van der Waals surface area contributed by atoms with Gasteiger partial charge in [-0.2, -0.15) is 0 Å². The number of carbonyl (C=O) groups is 2. The van der Waals surface area contributed by atoms with Crippen molar-refractivity contribution >= 4 is 38.9 Å². The predicted molar refractivity (Wildman–Crippen MR) is 173 cm³/mol. The van der Waals surface area contributed by atoms with Gasteiger partial charge in [0, 0.05) is 56.3 Å². The van der Waals surface area contributed by atoms with Gasteiger partial charge in [-0.3, -0.25) is 19.3 Å². The predicted octanol–water partition coefficient (Wildman–Crippen LogP) is 4.51. The number of rotatable bonds is 8. The number of nitrogens with one attached hydrogen (secondary N) is 1. The normalized spacial score (nSPS) is 20.8. The quantitative estimate of drug-likeness (QED) is 0.361. The molecule has 3 aromatic rings. The molecule has 0 unspecified atom stereocenters. The summed E-state index contributed by atoms with van der Waals surface area (Å²) in [5.41, 5.74) is 0.915. The van der Waals surface area contributed by atoms with Crippen LogP contribution in [0.3, 0.4) is 0 Å². The molecule has 2 amide bonds.